The molecule has 2 aliphatic rings. The van der Waals surface area contributed by atoms with Crippen molar-refractivity contribution in [3.63, 3.8) is 0 Å². The van der Waals surface area contributed by atoms with E-state index in [2.05, 4.69) is 10.3 Å². The zero-order valence-corrected chi connectivity index (χ0v) is 13.5. The fourth-order valence-electron chi connectivity index (χ4n) is 3.03. The van der Waals surface area contributed by atoms with Crippen LogP contribution in [0, 0.1) is 5.92 Å². The molecule has 8 nitrogen and oxygen atoms in total. The Kier molecular flexibility index (Phi) is 4.84. The molecule has 0 radical (unpaired) electrons. The van der Waals surface area contributed by atoms with Gasteiger partial charge < -0.3 is 19.9 Å². The number of aliphatic hydroxyl groups excluding tert-OH is 1. The van der Waals surface area contributed by atoms with Crippen LogP contribution in [0.25, 0.3) is 0 Å². The van der Waals surface area contributed by atoms with Gasteiger partial charge in [-0.3, -0.25) is 9.69 Å². The second-order valence-corrected chi connectivity index (χ2v) is 6.10. The van der Waals surface area contributed by atoms with Crippen LogP contribution in [-0.2, 0) is 9.53 Å². The summed E-state index contributed by atoms with van der Waals surface area (Å²) in [7, 11) is 1.54. The fraction of sp³-hybridized carbons (Fsp3) is 0.562. The highest BCUT2D eigenvalue weighted by Gasteiger charge is 2.36. The van der Waals surface area contributed by atoms with Gasteiger partial charge in [-0.15, -0.1) is 0 Å². The Balaban J connectivity index is 1.67. The zero-order valence-electron chi connectivity index (χ0n) is 13.5. The van der Waals surface area contributed by atoms with Gasteiger partial charge in [-0.2, -0.15) is 0 Å². The molecule has 0 spiro atoms. The van der Waals surface area contributed by atoms with E-state index in [-0.39, 0.29) is 30.5 Å². The lowest BCUT2D eigenvalue weighted by molar-refractivity contribution is -0.123. The van der Waals surface area contributed by atoms with E-state index in [1.807, 2.05) is 6.07 Å². The van der Waals surface area contributed by atoms with Crippen LogP contribution < -0.4 is 10.1 Å². The van der Waals surface area contributed by atoms with E-state index in [0.29, 0.717) is 31.9 Å². The molecule has 1 atom stereocenters. The fourth-order valence-corrected chi connectivity index (χ4v) is 3.03. The number of aromatic nitrogens is 1. The molecule has 2 fully saturated rings. The predicted octanol–water partition coefficient (Wildman–Crippen LogP) is 0.471. The van der Waals surface area contributed by atoms with Gasteiger partial charge in [0, 0.05) is 12.3 Å². The number of rotatable bonds is 6. The molecule has 2 heterocycles. The number of nitrogens with zero attached hydrogens (tertiary/aromatic N) is 2. The summed E-state index contributed by atoms with van der Waals surface area (Å²) in [6.07, 6.45) is 2.13. The minimum atomic E-state index is -0.466. The number of hydrogen-bond acceptors (Lipinski definition) is 6. The third-order valence-corrected chi connectivity index (χ3v) is 4.44. The van der Waals surface area contributed by atoms with Crippen LogP contribution in [0.5, 0.6) is 5.88 Å². The van der Waals surface area contributed by atoms with E-state index < -0.39 is 6.09 Å². The van der Waals surface area contributed by atoms with Crippen LogP contribution in [0.3, 0.4) is 0 Å². The number of cyclic esters (lactones) is 1. The highest BCUT2D eigenvalue weighted by atomic mass is 16.6. The van der Waals surface area contributed by atoms with Crippen molar-refractivity contribution in [3.05, 3.63) is 23.9 Å². The average Bonchev–Trinajstić information content (AvgIpc) is 2.95. The number of carbonyl (C=O) groups excluding carboxylic acids is 2. The topological polar surface area (TPSA) is 101 Å². The molecule has 1 saturated carbocycles. The molecule has 130 valence electrons. The lowest BCUT2D eigenvalue weighted by atomic mass is 9.75. The van der Waals surface area contributed by atoms with Gasteiger partial charge in [0.25, 0.3) is 0 Å². The summed E-state index contributed by atoms with van der Waals surface area (Å²) in [6, 6.07) is 3.34. The Hall–Kier alpha value is -2.35. The van der Waals surface area contributed by atoms with Crippen molar-refractivity contribution >= 4 is 12.0 Å². The molecule has 0 aromatic carbocycles. The molecule has 1 aliphatic carbocycles. The first kappa shape index (κ1) is 16.5. The van der Waals surface area contributed by atoms with Crippen molar-refractivity contribution < 1.29 is 24.2 Å². The summed E-state index contributed by atoms with van der Waals surface area (Å²) in [6.45, 7) is 0.699. The third-order valence-electron chi connectivity index (χ3n) is 4.44. The minimum absolute atomic E-state index is 0.0335. The number of aliphatic hydroxyl groups is 1. The largest absolute Gasteiger partial charge is 0.481 e. The van der Waals surface area contributed by atoms with E-state index in [9.17, 15) is 14.7 Å². The lowest BCUT2D eigenvalue weighted by Gasteiger charge is -2.38. The van der Waals surface area contributed by atoms with Gasteiger partial charge in [-0.25, -0.2) is 9.78 Å². The molecule has 1 aromatic heterocycles. The first-order valence-electron chi connectivity index (χ1n) is 7.96. The Morgan fingerprint density at radius 3 is 2.88 bits per heavy atom. The zero-order chi connectivity index (χ0) is 17.1. The number of methoxy groups -OCH3 is 1. The van der Waals surface area contributed by atoms with Crippen LogP contribution in [0.2, 0.25) is 0 Å². The summed E-state index contributed by atoms with van der Waals surface area (Å²) in [5, 5.41) is 12.5. The predicted molar refractivity (Wildman–Crippen MR) is 83.3 cm³/mol. The normalized spacial score (nSPS) is 24.1. The first-order valence-corrected chi connectivity index (χ1v) is 7.96. The highest BCUT2D eigenvalue weighted by Crippen LogP contribution is 2.38. The van der Waals surface area contributed by atoms with E-state index in [0.717, 1.165) is 5.56 Å². The molecule has 0 bridgehead atoms. The van der Waals surface area contributed by atoms with Gasteiger partial charge in [0.1, 0.15) is 13.2 Å². The summed E-state index contributed by atoms with van der Waals surface area (Å²) in [5.41, 5.74) is 0.852. The maximum absolute atomic E-state index is 12.3. The number of ether oxygens (including phenoxy) is 2. The number of amides is 2. The average molecular weight is 335 g/mol. The van der Waals surface area contributed by atoms with Gasteiger partial charge in [-0.1, -0.05) is 6.07 Å². The molecule has 2 N–H and O–H groups in total. The SMILES string of the molecule is COc1ccc(C(NC(=O)CN2CCOC2=O)C2CC(O)C2)cn1. The summed E-state index contributed by atoms with van der Waals surface area (Å²) < 4.78 is 9.88. The number of nitrogens with one attached hydrogen (secondary N) is 1. The highest BCUT2D eigenvalue weighted by molar-refractivity contribution is 5.83. The number of hydrogen-bond donors (Lipinski definition) is 2. The number of pyridine rings is 1. The molecular formula is C16H21N3O5. The molecule has 8 heteroatoms. The molecule has 2 amide bonds. The van der Waals surface area contributed by atoms with Gasteiger partial charge in [0.15, 0.2) is 0 Å². The quantitative estimate of drug-likeness (QED) is 0.784. The van der Waals surface area contributed by atoms with E-state index in [4.69, 9.17) is 9.47 Å². The van der Waals surface area contributed by atoms with Crippen LogP contribution in [0.4, 0.5) is 4.79 Å². The maximum Gasteiger partial charge on any atom is 0.410 e. The standard InChI is InChI=1S/C16H21N3O5/c1-23-14-3-2-10(8-17-14)15(11-6-12(20)7-11)18-13(21)9-19-4-5-24-16(19)22/h2-3,8,11-12,15,20H,4-7,9H2,1H3,(H,18,21). The molecule has 3 rings (SSSR count). The van der Waals surface area contributed by atoms with E-state index >= 15 is 0 Å². The van der Waals surface area contributed by atoms with Crippen molar-refractivity contribution in [1.29, 1.82) is 0 Å². The minimum Gasteiger partial charge on any atom is -0.481 e. The maximum atomic E-state index is 12.3. The summed E-state index contributed by atoms with van der Waals surface area (Å²) >= 11 is 0. The molecular weight excluding hydrogens is 314 g/mol. The van der Waals surface area contributed by atoms with Crippen molar-refractivity contribution in [2.75, 3.05) is 26.8 Å². The first-order chi connectivity index (χ1) is 11.6. The van der Waals surface area contributed by atoms with Crippen molar-refractivity contribution in [1.82, 2.24) is 15.2 Å². The van der Waals surface area contributed by atoms with Gasteiger partial charge >= 0.3 is 6.09 Å². The van der Waals surface area contributed by atoms with Crippen molar-refractivity contribution in [3.8, 4) is 5.88 Å². The molecule has 24 heavy (non-hydrogen) atoms. The van der Waals surface area contributed by atoms with Crippen molar-refractivity contribution in [2.24, 2.45) is 5.92 Å². The van der Waals surface area contributed by atoms with E-state index in [1.165, 1.54) is 4.90 Å². The Morgan fingerprint density at radius 1 is 1.54 bits per heavy atom. The van der Waals surface area contributed by atoms with Gasteiger partial charge in [0.05, 0.1) is 25.8 Å². The molecule has 1 aliphatic heterocycles. The lowest BCUT2D eigenvalue weighted by Crippen LogP contribution is -2.45. The van der Waals surface area contributed by atoms with E-state index in [1.54, 1.807) is 19.4 Å². The molecule has 1 saturated heterocycles. The van der Waals surface area contributed by atoms with Crippen LogP contribution in [-0.4, -0.2) is 59.9 Å². The summed E-state index contributed by atoms with van der Waals surface area (Å²) in [5.74, 6) is 0.387. The summed E-state index contributed by atoms with van der Waals surface area (Å²) in [4.78, 5) is 29.3. The monoisotopic (exact) mass is 335 g/mol. The smallest absolute Gasteiger partial charge is 0.410 e. The second-order valence-electron chi connectivity index (χ2n) is 6.10. The Labute approximate surface area is 139 Å². The Bertz CT molecular complexity index is 600. The van der Waals surface area contributed by atoms with Gasteiger partial charge in [-0.05, 0) is 24.3 Å². The van der Waals surface area contributed by atoms with Crippen LogP contribution >= 0.6 is 0 Å². The van der Waals surface area contributed by atoms with Gasteiger partial charge in [0.2, 0.25) is 11.8 Å². The van der Waals surface area contributed by atoms with Crippen LogP contribution in [0.15, 0.2) is 18.3 Å². The van der Waals surface area contributed by atoms with Crippen LogP contribution in [0.1, 0.15) is 24.4 Å². The third kappa shape index (κ3) is 3.59. The molecule has 1 aromatic rings. The Morgan fingerprint density at radius 2 is 2.33 bits per heavy atom. The van der Waals surface area contributed by atoms with Crippen molar-refractivity contribution in [2.45, 2.75) is 25.0 Å². The molecule has 1 unspecified atom stereocenters. The number of carbonyl (C=O) groups is 2. The second kappa shape index (κ2) is 7.04.